The van der Waals surface area contributed by atoms with Gasteiger partial charge in [0.15, 0.2) is 6.10 Å². The number of ether oxygens (including phenoxy) is 1. The molecular formula is C13H17NO5S. The van der Waals surface area contributed by atoms with Crippen LogP contribution in [0, 0.1) is 0 Å². The SMILES string of the molecule is CCc1ccc(S(=O)(=O)N2CCOC(C(=O)O)C2)cc1. The van der Waals surface area contributed by atoms with Crippen molar-refractivity contribution in [2.75, 3.05) is 19.7 Å². The molecule has 1 N–H and O–H groups in total. The third-order valence-corrected chi connectivity index (χ3v) is 5.15. The topological polar surface area (TPSA) is 83.9 Å². The van der Waals surface area contributed by atoms with Gasteiger partial charge in [0.1, 0.15) is 0 Å². The van der Waals surface area contributed by atoms with Crippen LogP contribution in [-0.2, 0) is 26.0 Å². The Balaban J connectivity index is 2.22. The quantitative estimate of drug-likeness (QED) is 0.886. The molecule has 1 aliphatic heterocycles. The molecule has 0 spiro atoms. The van der Waals surface area contributed by atoms with E-state index in [1.165, 1.54) is 0 Å². The second kappa shape index (κ2) is 5.90. The van der Waals surface area contributed by atoms with Crippen molar-refractivity contribution in [3.63, 3.8) is 0 Å². The number of hydrogen-bond donors (Lipinski definition) is 1. The average Bonchev–Trinajstić information content (AvgIpc) is 2.47. The highest BCUT2D eigenvalue weighted by atomic mass is 32.2. The number of carboxylic acids is 1. The van der Waals surface area contributed by atoms with Crippen molar-refractivity contribution >= 4 is 16.0 Å². The van der Waals surface area contributed by atoms with E-state index in [4.69, 9.17) is 9.84 Å². The first-order valence-electron chi connectivity index (χ1n) is 6.38. The standard InChI is InChI=1S/C13H17NO5S/c1-2-10-3-5-11(6-4-10)20(17,18)14-7-8-19-12(9-14)13(15)16/h3-6,12H,2,7-9H2,1H3,(H,15,16). The lowest BCUT2D eigenvalue weighted by molar-refractivity contribution is -0.153. The molecule has 110 valence electrons. The Morgan fingerprint density at radius 2 is 2.05 bits per heavy atom. The lowest BCUT2D eigenvalue weighted by atomic mass is 10.2. The van der Waals surface area contributed by atoms with Gasteiger partial charge in [-0.25, -0.2) is 13.2 Å². The number of aryl methyl sites for hydroxylation is 1. The number of carboxylic acid groups (broad SMARTS) is 1. The summed E-state index contributed by atoms with van der Waals surface area (Å²) in [5, 5.41) is 8.91. The molecule has 20 heavy (non-hydrogen) atoms. The van der Waals surface area contributed by atoms with Gasteiger partial charge in [0.25, 0.3) is 0 Å². The summed E-state index contributed by atoms with van der Waals surface area (Å²) in [6.07, 6.45) is -0.271. The predicted octanol–water partition coefficient (Wildman–Crippen LogP) is 0.723. The highest BCUT2D eigenvalue weighted by molar-refractivity contribution is 7.89. The van der Waals surface area contributed by atoms with Gasteiger partial charge in [-0.05, 0) is 24.1 Å². The van der Waals surface area contributed by atoms with Crippen molar-refractivity contribution in [3.8, 4) is 0 Å². The van der Waals surface area contributed by atoms with Crippen LogP contribution in [0.2, 0.25) is 0 Å². The maximum Gasteiger partial charge on any atom is 0.334 e. The van der Waals surface area contributed by atoms with Crippen LogP contribution < -0.4 is 0 Å². The molecule has 0 amide bonds. The van der Waals surface area contributed by atoms with Gasteiger partial charge < -0.3 is 9.84 Å². The molecule has 2 rings (SSSR count). The highest BCUT2D eigenvalue weighted by Crippen LogP contribution is 2.19. The number of hydrogen-bond acceptors (Lipinski definition) is 4. The maximum atomic E-state index is 12.4. The van der Waals surface area contributed by atoms with E-state index in [2.05, 4.69) is 0 Å². The fourth-order valence-electron chi connectivity index (χ4n) is 2.04. The van der Waals surface area contributed by atoms with Crippen molar-refractivity contribution in [3.05, 3.63) is 29.8 Å². The van der Waals surface area contributed by atoms with E-state index in [1.54, 1.807) is 24.3 Å². The van der Waals surface area contributed by atoms with E-state index in [1.807, 2.05) is 6.92 Å². The number of rotatable bonds is 4. The monoisotopic (exact) mass is 299 g/mol. The molecule has 0 radical (unpaired) electrons. The van der Waals surface area contributed by atoms with E-state index in [0.717, 1.165) is 16.3 Å². The van der Waals surface area contributed by atoms with Crippen molar-refractivity contribution in [1.82, 2.24) is 4.31 Å². The van der Waals surface area contributed by atoms with Gasteiger partial charge in [0.05, 0.1) is 18.0 Å². The third kappa shape index (κ3) is 3.00. The number of nitrogens with zero attached hydrogens (tertiary/aromatic N) is 1. The number of aliphatic carboxylic acids is 1. The maximum absolute atomic E-state index is 12.4. The fourth-order valence-corrected chi connectivity index (χ4v) is 3.46. The molecule has 0 aromatic heterocycles. The summed E-state index contributed by atoms with van der Waals surface area (Å²) < 4.78 is 31.1. The molecule has 7 heteroatoms. The first-order valence-corrected chi connectivity index (χ1v) is 7.82. The lowest BCUT2D eigenvalue weighted by Gasteiger charge is -2.30. The second-order valence-electron chi connectivity index (χ2n) is 4.56. The highest BCUT2D eigenvalue weighted by Gasteiger charge is 2.33. The number of morpholine rings is 1. The van der Waals surface area contributed by atoms with E-state index in [0.29, 0.717) is 0 Å². The van der Waals surface area contributed by atoms with Crippen LogP contribution in [0.4, 0.5) is 0 Å². The zero-order valence-corrected chi connectivity index (χ0v) is 12.0. The molecule has 1 atom stereocenters. The summed E-state index contributed by atoms with van der Waals surface area (Å²) in [5.41, 5.74) is 1.05. The summed E-state index contributed by atoms with van der Waals surface area (Å²) in [7, 11) is -3.66. The van der Waals surface area contributed by atoms with Crippen molar-refractivity contribution in [2.45, 2.75) is 24.3 Å². The lowest BCUT2D eigenvalue weighted by Crippen LogP contribution is -2.48. The Morgan fingerprint density at radius 1 is 1.40 bits per heavy atom. The zero-order valence-electron chi connectivity index (χ0n) is 11.2. The van der Waals surface area contributed by atoms with Gasteiger partial charge in [0, 0.05) is 6.54 Å². The Hall–Kier alpha value is -1.44. The predicted molar refractivity (Wildman–Crippen MR) is 72.0 cm³/mol. The summed E-state index contributed by atoms with van der Waals surface area (Å²) in [4.78, 5) is 11.1. The van der Waals surface area contributed by atoms with Crippen LogP contribution in [0.3, 0.4) is 0 Å². The third-order valence-electron chi connectivity index (χ3n) is 3.27. The molecule has 1 unspecified atom stereocenters. The molecular weight excluding hydrogens is 282 g/mol. The van der Waals surface area contributed by atoms with E-state index in [9.17, 15) is 13.2 Å². The van der Waals surface area contributed by atoms with E-state index >= 15 is 0 Å². The van der Waals surface area contributed by atoms with Crippen molar-refractivity contribution < 1.29 is 23.1 Å². The minimum Gasteiger partial charge on any atom is -0.479 e. The van der Waals surface area contributed by atoms with Gasteiger partial charge in [-0.2, -0.15) is 4.31 Å². The van der Waals surface area contributed by atoms with Gasteiger partial charge in [-0.1, -0.05) is 19.1 Å². The van der Waals surface area contributed by atoms with Crippen LogP contribution in [0.5, 0.6) is 0 Å². The minimum absolute atomic E-state index is 0.0865. The van der Waals surface area contributed by atoms with Crippen LogP contribution in [0.25, 0.3) is 0 Å². The van der Waals surface area contributed by atoms with Gasteiger partial charge in [-0.15, -0.1) is 0 Å². The Labute approximate surface area is 118 Å². The first-order chi connectivity index (χ1) is 9.45. The Bertz CT molecular complexity index is 581. The van der Waals surface area contributed by atoms with Crippen molar-refractivity contribution in [2.24, 2.45) is 0 Å². The molecule has 1 aromatic rings. The average molecular weight is 299 g/mol. The zero-order chi connectivity index (χ0) is 14.8. The number of carbonyl (C=O) groups is 1. The Morgan fingerprint density at radius 3 is 2.60 bits per heavy atom. The molecule has 0 aliphatic carbocycles. The number of benzene rings is 1. The van der Waals surface area contributed by atoms with Crippen LogP contribution in [0.1, 0.15) is 12.5 Å². The van der Waals surface area contributed by atoms with Crippen LogP contribution in [0.15, 0.2) is 29.2 Å². The smallest absolute Gasteiger partial charge is 0.334 e. The van der Waals surface area contributed by atoms with Gasteiger partial charge in [-0.3, -0.25) is 0 Å². The molecule has 0 bridgehead atoms. The van der Waals surface area contributed by atoms with Crippen LogP contribution in [-0.4, -0.2) is 49.6 Å². The molecule has 6 nitrogen and oxygen atoms in total. The fraction of sp³-hybridized carbons (Fsp3) is 0.462. The summed E-state index contributed by atoms with van der Waals surface area (Å²) in [6, 6.07) is 6.64. The van der Waals surface area contributed by atoms with E-state index < -0.39 is 22.1 Å². The van der Waals surface area contributed by atoms with Gasteiger partial charge >= 0.3 is 5.97 Å². The molecule has 1 saturated heterocycles. The number of sulfonamides is 1. The van der Waals surface area contributed by atoms with E-state index in [-0.39, 0.29) is 24.6 Å². The summed E-state index contributed by atoms with van der Waals surface area (Å²) in [6.45, 7) is 2.08. The molecule has 1 aromatic carbocycles. The summed E-state index contributed by atoms with van der Waals surface area (Å²) in [5.74, 6) is -1.15. The minimum atomic E-state index is -3.66. The largest absolute Gasteiger partial charge is 0.479 e. The van der Waals surface area contributed by atoms with Crippen LogP contribution >= 0.6 is 0 Å². The molecule has 1 fully saturated rings. The molecule has 1 aliphatic rings. The second-order valence-corrected chi connectivity index (χ2v) is 6.50. The summed E-state index contributed by atoms with van der Waals surface area (Å²) >= 11 is 0. The van der Waals surface area contributed by atoms with Crippen molar-refractivity contribution in [1.29, 1.82) is 0 Å². The molecule has 0 saturated carbocycles. The van der Waals surface area contributed by atoms with Gasteiger partial charge in [0.2, 0.25) is 10.0 Å². The normalized spacial score (nSPS) is 20.8. The Kier molecular flexibility index (Phi) is 4.42. The molecule has 1 heterocycles. The first kappa shape index (κ1) is 15.0.